The van der Waals surface area contributed by atoms with Crippen LogP contribution in [0.15, 0.2) is 24.3 Å². The molecular formula is C26H34F2N4O2. The van der Waals surface area contributed by atoms with Crippen molar-refractivity contribution in [2.45, 2.75) is 57.0 Å². The highest BCUT2D eigenvalue weighted by molar-refractivity contribution is 6.02. The van der Waals surface area contributed by atoms with Crippen molar-refractivity contribution in [2.75, 3.05) is 40.3 Å². The molecular weight excluding hydrogens is 438 g/mol. The number of amides is 2. The maximum atomic E-state index is 13.6. The summed E-state index contributed by atoms with van der Waals surface area (Å²) in [6, 6.07) is 8.05. The highest BCUT2D eigenvalue weighted by Crippen LogP contribution is 2.35. The molecule has 0 N–H and O–H groups in total. The summed E-state index contributed by atoms with van der Waals surface area (Å²) in [5.41, 5.74) is 2.11. The number of fused-ring (bicyclic) bond motifs is 1. The Bertz CT molecular complexity index is 1070. The second kappa shape index (κ2) is 8.95. The molecule has 0 radical (unpaired) electrons. The fraction of sp³-hybridized carbons (Fsp3) is 0.615. The van der Waals surface area contributed by atoms with Gasteiger partial charge in [0.2, 0.25) is 0 Å². The second-order valence-electron chi connectivity index (χ2n) is 10.5. The fourth-order valence-electron chi connectivity index (χ4n) is 5.30. The Kier molecular flexibility index (Phi) is 6.12. The Hall–Kier alpha value is -2.48. The van der Waals surface area contributed by atoms with Crippen LogP contribution in [0.25, 0.3) is 10.9 Å². The molecule has 2 amide bonds. The van der Waals surface area contributed by atoms with E-state index in [4.69, 9.17) is 0 Å². The molecule has 6 nitrogen and oxygen atoms in total. The number of likely N-dealkylation sites (tertiary alicyclic amines) is 2. The van der Waals surface area contributed by atoms with Crippen LogP contribution in [-0.2, 0) is 6.54 Å². The molecule has 1 aromatic carbocycles. The van der Waals surface area contributed by atoms with Crippen LogP contribution in [0.4, 0.5) is 8.78 Å². The molecule has 2 aromatic rings. The van der Waals surface area contributed by atoms with E-state index >= 15 is 0 Å². The summed E-state index contributed by atoms with van der Waals surface area (Å²) in [5.74, 6) is -2.30. The highest BCUT2D eigenvalue weighted by atomic mass is 19.3. The molecule has 2 saturated heterocycles. The number of rotatable bonds is 5. The molecule has 0 bridgehead atoms. The SMILES string of the molecule is CN(C)C1CCN(C(=O)c2ccc3c(c2)cc(C(=O)N2CCC(F)(F)CC2)n3CC2CC2)CC1. The third kappa shape index (κ3) is 4.69. The van der Waals surface area contributed by atoms with E-state index in [1.807, 2.05) is 33.7 Å². The molecule has 1 aromatic heterocycles. The van der Waals surface area contributed by atoms with E-state index in [2.05, 4.69) is 19.0 Å². The zero-order valence-electron chi connectivity index (χ0n) is 20.1. The number of alkyl halides is 2. The van der Waals surface area contributed by atoms with Gasteiger partial charge >= 0.3 is 0 Å². The molecule has 1 saturated carbocycles. The summed E-state index contributed by atoms with van der Waals surface area (Å²) >= 11 is 0. The summed E-state index contributed by atoms with van der Waals surface area (Å²) in [6.07, 6.45) is 3.64. The average Bonchev–Trinajstić information content (AvgIpc) is 3.57. The van der Waals surface area contributed by atoms with Gasteiger partial charge < -0.3 is 19.3 Å². The standard InChI is InChI=1S/C26H34F2N4O2/c1-29(2)21-7-11-30(12-8-21)24(33)19-5-6-22-20(15-19)16-23(32(22)17-18-3-4-18)25(34)31-13-9-26(27,28)10-14-31/h5-6,15-16,18,21H,3-4,7-14,17H2,1-2H3. The first-order valence-electron chi connectivity index (χ1n) is 12.5. The third-order valence-corrected chi connectivity index (χ3v) is 7.77. The van der Waals surface area contributed by atoms with Crippen LogP contribution in [0.2, 0.25) is 0 Å². The Morgan fingerprint density at radius 3 is 2.21 bits per heavy atom. The fourth-order valence-corrected chi connectivity index (χ4v) is 5.30. The van der Waals surface area contributed by atoms with Crippen molar-refractivity contribution in [3.05, 3.63) is 35.5 Å². The van der Waals surface area contributed by atoms with E-state index in [9.17, 15) is 18.4 Å². The van der Waals surface area contributed by atoms with Gasteiger partial charge in [0.1, 0.15) is 5.69 Å². The monoisotopic (exact) mass is 472 g/mol. The Labute approximate surface area is 199 Å². The maximum absolute atomic E-state index is 13.6. The zero-order valence-corrected chi connectivity index (χ0v) is 20.1. The first-order chi connectivity index (χ1) is 16.2. The van der Waals surface area contributed by atoms with Crippen LogP contribution in [0.1, 0.15) is 59.4 Å². The molecule has 0 atom stereocenters. The number of benzene rings is 1. The predicted octanol–water partition coefficient (Wildman–Crippen LogP) is 4.09. The summed E-state index contributed by atoms with van der Waals surface area (Å²) in [7, 11) is 4.16. The van der Waals surface area contributed by atoms with Gasteiger partial charge in [0, 0.05) is 68.1 Å². The van der Waals surface area contributed by atoms with Crippen LogP contribution in [0.3, 0.4) is 0 Å². The number of nitrogens with zero attached hydrogens (tertiary/aromatic N) is 4. The smallest absolute Gasteiger partial charge is 0.270 e. The second-order valence-corrected chi connectivity index (χ2v) is 10.5. The minimum absolute atomic E-state index is 0.0280. The number of carbonyl (C=O) groups is 2. The van der Waals surface area contributed by atoms with E-state index < -0.39 is 5.92 Å². The molecule has 3 aliphatic rings. The van der Waals surface area contributed by atoms with Gasteiger partial charge in [-0.3, -0.25) is 9.59 Å². The van der Waals surface area contributed by atoms with Crippen molar-refractivity contribution in [2.24, 2.45) is 5.92 Å². The molecule has 8 heteroatoms. The van der Waals surface area contributed by atoms with Gasteiger partial charge in [-0.25, -0.2) is 8.78 Å². The number of hydrogen-bond acceptors (Lipinski definition) is 3. The molecule has 34 heavy (non-hydrogen) atoms. The van der Waals surface area contributed by atoms with E-state index in [1.165, 1.54) is 0 Å². The number of aromatic nitrogens is 1. The first-order valence-corrected chi connectivity index (χ1v) is 12.5. The lowest BCUT2D eigenvalue weighted by Gasteiger charge is -2.35. The Morgan fingerprint density at radius 2 is 1.59 bits per heavy atom. The van der Waals surface area contributed by atoms with Gasteiger partial charge in [0.25, 0.3) is 17.7 Å². The van der Waals surface area contributed by atoms with Gasteiger partial charge in [-0.05, 0) is 70.0 Å². The van der Waals surface area contributed by atoms with Crippen molar-refractivity contribution in [1.82, 2.24) is 19.3 Å². The highest BCUT2D eigenvalue weighted by Gasteiger charge is 2.37. The molecule has 0 spiro atoms. The number of halogens is 2. The minimum atomic E-state index is -2.69. The molecule has 2 aliphatic heterocycles. The predicted molar refractivity (Wildman–Crippen MR) is 127 cm³/mol. The maximum Gasteiger partial charge on any atom is 0.270 e. The number of hydrogen-bond donors (Lipinski definition) is 0. The Balaban J connectivity index is 1.39. The summed E-state index contributed by atoms with van der Waals surface area (Å²) in [6.45, 7) is 2.38. The lowest BCUT2D eigenvalue weighted by atomic mass is 10.0. The largest absolute Gasteiger partial charge is 0.339 e. The first kappa shape index (κ1) is 23.3. The van der Waals surface area contributed by atoms with E-state index in [1.54, 1.807) is 4.90 Å². The van der Waals surface area contributed by atoms with Crippen LogP contribution in [0.5, 0.6) is 0 Å². The Morgan fingerprint density at radius 1 is 0.941 bits per heavy atom. The molecule has 3 heterocycles. The van der Waals surface area contributed by atoms with Gasteiger partial charge in [0.15, 0.2) is 0 Å². The molecule has 0 unspecified atom stereocenters. The van der Waals surface area contributed by atoms with Crippen molar-refractivity contribution in [3.8, 4) is 0 Å². The number of piperidine rings is 2. The third-order valence-electron chi connectivity index (χ3n) is 7.77. The van der Waals surface area contributed by atoms with Crippen LogP contribution >= 0.6 is 0 Å². The van der Waals surface area contributed by atoms with Gasteiger partial charge in [-0.1, -0.05) is 0 Å². The van der Waals surface area contributed by atoms with E-state index in [0.717, 1.165) is 56.2 Å². The summed E-state index contributed by atoms with van der Waals surface area (Å²) < 4.78 is 29.3. The quantitative estimate of drug-likeness (QED) is 0.659. The van der Waals surface area contributed by atoms with Crippen molar-refractivity contribution in [1.29, 1.82) is 0 Å². The van der Waals surface area contributed by atoms with Crippen LogP contribution < -0.4 is 0 Å². The normalized spacial score (nSPS) is 21.4. The summed E-state index contributed by atoms with van der Waals surface area (Å²) in [4.78, 5) is 32.2. The summed E-state index contributed by atoms with van der Waals surface area (Å²) in [5, 5.41) is 0.861. The van der Waals surface area contributed by atoms with Gasteiger partial charge in [0.05, 0.1) is 0 Å². The minimum Gasteiger partial charge on any atom is -0.339 e. The van der Waals surface area contributed by atoms with E-state index in [-0.39, 0.29) is 37.7 Å². The van der Waals surface area contributed by atoms with Crippen molar-refractivity contribution < 1.29 is 18.4 Å². The van der Waals surface area contributed by atoms with Crippen molar-refractivity contribution in [3.63, 3.8) is 0 Å². The lowest BCUT2D eigenvalue weighted by Crippen LogP contribution is -2.44. The molecule has 184 valence electrons. The van der Waals surface area contributed by atoms with Crippen molar-refractivity contribution >= 4 is 22.7 Å². The molecule has 5 rings (SSSR count). The van der Waals surface area contributed by atoms with E-state index in [0.29, 0.717) is 23.2 Å². The lowest BCUT2D eigenvalue weighted by molar-refractivity contribution is -0.0495. The van der Waals surface area contributed by atoms with Crippen LogP contribution in [-0.4, -0.2) is 83.3 Å². The van der Waals surface area contributed by atoms with Gasteiger partial charge in [-0.15, -0.1) is 0 Å². The zero-order chi connectivity index (χ0) is 24.0. The molecule has 3 fully saturated rings. The van der Waals surface area contributed by atoms with Gasteiger partial charge in [-0.2, -0.15) is 0 Å². The topological polar surface area (TPSA) is 48.8 Å². The average molecular weight is 473 g/mol. The van der Waals surface area contributed by atoms with Crippen LogP contribution in [0, 0.1) is 5.92 Å². The number of carbonyl (C=O) groups excluding carboxylic acids is 2. The molecule has 1 aliphatic carbocycles.